The number of amides is 2. The number of rotatable bonds is 7. The highest BCUT2D eigenvalue weighted by Crippen LogP contribution is 2.37. The Balaban J connectivity index is 1.25. The number of aliphatic imine (C=N–C) groups is 1. The van der Waals surface area contributed by atoms with Gasteiger partial charge >= 0.3 is 0 Å². The molecule has 2 fully saturated rings. The van der Waals surface area contributed by atoms with Crippen molar-refractivity contribution in [1.82, 2.24) is 24.8 Å². The van der Waals surface area contributed by atoms with Crippen molar-refractivity contribution in [2.45, 2.75) is 44.2 Å². The smallest absolute Gasteiger partial charge is 0.245 e. The zero-order valence-electron chi connectivity index (χ0n) is 23.1. The SMILES string of the molecule is CNc1cc(-c2cc(C3CCN(C(=O)C4CCC(=O)N4)CC3)n3ncnc(N)c23)ccc1C=NCc1ccccc1. The van der Waals surface area contributed by atoms with Crippen molar-refractivity contribution >= 4 is 35.1 Å². The number of aromatic nitrogens is 3. The van der Waals surface area contributed by atoms with Crippen LogP contribution >= 0.6 is 0 Å². The Morgan fingerprint density at radius 2 is 1.95 bits per heavy atom. The number of likely N-dealkylation sites (tertiary alicyclic amines) is 1. The number of nitrogens with zero attached hydrogens (tertiary/aromatic N) is 5. The lowest BCUT2D eigenvalue weighted by atomic mass is 9.92. The summed E-state index contributed by atoms with van der Waals surface area (Å²) in [4.78, 5) is 35.3. The van der Waals surface area contributed by atoms with Crippen LogP contribution in [-0.4, -0.2) is 63.7 Å². The van der Waals surface area contributed by atoms with Crippen LogP contribution in [0.25, 0.3) is 16.6 Å². The molecule has 0 saturated carbocycles. The third-order valence-electron chi connectivity index (χ3n) is 8.11. The van der Waals surface area contributed by atoms with E-state index in [1.54, 1.807) is 0 Å². The average molecular weight is 551 g/mol. The summed E-state index contributed by atoms with van der Waals surface area (Å²) in [7, 11) is 1.90. The van der Waals surface area contributed by atoms with Gasteiger partial charge in [0.05, 0.1) is 6.54 Å². The number of carbonyl (C=O) groups is 2. The van der Waals surface area contributed by atoms with Gasteiger partial charge in [-0.15, -0.1) is 0 Å². The normalized spacial score (nSPS) is 17.8. The Hall–Kier alpha value is -4.73. The van der Waals surface area contributed by atoms with Gasteiger partial charge in [0.15, 0.2) is 5.82 Å². The summed E-state index contributed by atoms with van der Waals surface area (Å²) in [6.07, 6.45) is 6.00. The molecule has 1 unspecified atom stereocenters. The van der Waals surface area contributed by atoms with Crippen molar-refractivity contribution in [1.29, 1.82) is 0 Å². The summed E-state index contributed by atoms with van der Waals surface area (Å²) in [6.45, 7) is 1.90. The molecule has 2 aromatic carbocycles. The lowest BCUT2D eigenvalue weighted by Gasteiger charge is -2.33. The van der Waals surface area contributed by atoms with Gasteiger partial charge in [-0.1, -0.05) is 42.5 Å². The highest BCUT2D eigenvalue weighted by molar-refractivity contribution is 5.94. The van der Waals surface area contributed by atoms with Crippen molar-refractivity contribution in [3.63, 3.8) is 0 Å². The molecule has 0 bridgehead atoms. The third-order valence-corrected chi connectivity index (χ3v) is 8.11. The maximum absolute atomic E-state index is 12.9. The van der Waals surface area contributed by atoms with Crippen LogP contribution in [0, 0.1) is 0 Å². The zero-order chi connectivity index (χ0) is 28.3. The summed E-state index contributed by atoms with van der Waals surface area (Å²) < 4.78 is 1.91. The number of anilines is 2. The van der Waals surface area contributed by atoms with Crippen LogP contribution in [0.4, 0.5) is 11.5 Å². The van der Waals surface area contributed by atoms with Gasteiger partial charge in [-0.2, -0.15) is 5.10 Å². The van der Waals surface area contributed by atoms with Gasteiger partial charge in [0.1, 0.15) is 17.9 Å². The molecule has 210 valence electrons. The number of carbonyl (C=O) groups excluding carboxylic acids is 2. The van der Waals surface area contributed by atoms with E-state index in [9.17, 15) is 9.59 Å². The summed E-state index contributed by atoms with van der Waals surface area (Å²) >= 11 is 0. The van der Waals surface area contributed by atoms with E-state index in [1.165, 1.54) is 6.33 Å². The van der Waals surface area contributed by atoms with E-state index in [2.05, 4.69) is 62.1 Å². The number of hydrogen-bond donors (Lipinski definition) is 3. The zero-order valence-corrected chi connectivity index (χ0v) is 23.1. The Kier molecular flexibility index (Phi) is 7.37. The van der Waals surface area contributed by atoms with Crippen molar-refractivity contribution in [2.75, 3.05) is 31.2 Å². The third kappa shape index (κ3) is 5.37. The van der Waals surface area contributed by atoms with Crippen LogP contribution in [0.3, 0.4) is 0 Å². The van der Waals surface area contributed by atoms with E-state index in [0.29, 0.717) is 38.3 Å². The van der Waals surface area contributed by atoms with Crippen LogP contribution in [-0.2, 0) is 16.1 Å². The molecule has 41 heavy (non-hydrogen) atoms. The first kappa shape index (κ1) is 26.5. The van der Waals surface area contributed by atoms with E-state index >= 15 is 0 Å². The van der Waals surface area contributed by atoms with Crippen molar-refractivity contribution in [3.05, 3.63) is 77.7 Å². The highest BCUT2D eigenvalue weighted by atomic mass is 16.2. The Morgan fingerprint density at radius 3 is 2.68 bits per heavy atom. The number of fused-ring (bicyclic) bond motifs is 1. The molecule has 2 aliphatic rings. The summed E-state index contributed by atoms with van der Waals surface area (Å²) in [5, 5.41) is 10.7. The van der Waals surface area contributed by atoms with Crippen molar-refractivity contribution in [2.24, 2.45) is 4.99 Å². The fraction of sp³-hybridized carbons (Fsp3) is 0.323. The quantitative estimate of drug-likeness (QED) is 0.301. The second-order valence-corrected chi connectivity index (χ2v) is 10.7. The first-order chi connectivity index (χ1) is 20.0. The monoisotopic (exact) mass is 550 g/mol. The minimum absolute atomic E-state index is 0.0218. The van der Waals surface area contributed by atoms with E-state index in [4.69, 9.17) is 5.73 Å². The first-order valence-electron chi connectivity index (χ1n) is 14.1. The van der Waals surface area contributed by atoms with E-state index < -0.39 is 0 Å². The molecule has 1 atom stereocenters. The Labute approximate surface area is 238 Å². The predicted octanol–water partition coefficient (Wildman–Crippen LogP) is 3.62. The molecule has 4 aromatic rings. The van der Waals surface area contributed by atoms with E-state index in [0.717, 1.165) is 52.0 Å². The minimum atomic E-state index is -0.389. The van der Waals surface area contributed by atoms with Gasteiger partial charge in [-0.3, -0.25) is 14.6 Å². The van der Waals surface area contributed by atoms with Crippen LogP contribution in [0.15, 0.2) is 65.9 Å². The molecule has 2 amide bonds. The van der Waals surface area contributed by atoms with Crippen LogP contribution in [0.2, 0.25) is 0 Å². The molecule has 4 heterocycles. The van der Waals surface area contributed by atoms with Crippen molar-refractivity contribution < 1.29 is 9.59 Å². The Morgan fingerprint density at radius 1 is 1.15 bits per heavy atom. The average Bonchev–Trinajstić information content (AvgIpc) is 3.62. The lowest BCUT2D eigenvalue weighted by molar-refractivity contribution is -0.135. The second kappa shape index (κ2) is 11.4. The summed E-state index contributed by atoms with van der Waals surface area (Å²) in [5.41, 5.74) is 13.3. The molecule has 0 radical (unpaired) electrons. The van der Waals surface area contributed by atoms with Crippen molar-refractivity contribution in [3.8, 4) is 11.1 Å². The molecular formula is C31H34N8O2. The summed E-state index contributed by atoms with van der Waals surface area (Å²) in [6, 6.07) is 18.2. The predicted molar refractivity (Wildman–Crippen MR) is 160 cm³/mol. The number of benzene rings is 2. The second-order valence-electron chi connectivity index (χ2n) is 10.7. The number of piperidine rings is 1. The summed E-state index contributed by atoms with van der Waals surface area (Å²) in [5.74, 6) is 0.608. The lowest BCUT2D eigenvalue weighted by Crippen LogP contribution is -2.47. The van der Waals surface area contributed by atoms with Crippen LogP contribution in [0.5, 0.6) is 0 Å². The topological polar surface area (TPSA) is 130 Å². The van der Waals surface area contributed by atoms with Crippen LogP contribution in [0.1, 0.15) is 48.4 Å². The fourth-order valence-electron chi connectivity index (χ4n) is 5.90. The molecule has 10 nitrogen and oxygen atoms in total. The Bertz CT molecular complexity index is 1610. The van der Waals surface area contributed by atoms with Gasteiger partial charge < -0.3 is 21.3 Å². The van der Waals surface area contributed by atoms with E-state index in [1.807, 2.05) is 40.9 Å². The number of nitrogens with two attached hydrogens (primary N) is 1. The van der Waals surface area contributed by atoms with Gasteiger partial charge in [0, 0.05) is 61.2 Å². The largest absolute Gasteiger partial charge is 0.388 e. The van der Waals surface area contributed by atoms with Gasteiger partial charge in [-0.05, 0) is 42.5 Å². The van der Waals surface area contributed by atoms with Gasteiger partial charge in [-0.25, -0.2) is 9.50 Å². The molecule has 2 aromatic heterocycles. The molecule has 4 N–H and O–H groups in total. The molecule has 0 aliphatic carbocycles. The number of hydrogen-bond acceptors (Lipinski definition) is 7. The maximum atomic E-state index is 12.9. The minimum Gasteiger partial charge on any atom is -0.388 e. The van der Waals surface area contributed by atoms with E-state index in [-0.39, 0.29) is 23.8 Å². The highest BCUT2D eigenvalue weighted by Gasteiger charge is 2.34. The number of nitrogen functional groups attached to an aromatic ring is 1. The first-order valence-corrected chi connectivity index (χ1v) is 14.1. The van der Waals surface area contributed by atoms with Gasteiger partial charge in [0.25, 0.3) is 0 Å². The molecule has 10 heteroatoms. The molecular weight excluding hydrogens is 516 g/mol. The maximum Gasteiger partial charge on any atom is 0.245 e. The molecule has 2 saturated heterocycles. The standard InChI is InChI=1S/C31H34N8O2/c1-33-26-15-22(7-8-23(26)18-34-17-20-5-3-2-4-6-20)24-16-27(39-29(24)30(32)35-19-36-39)21-11-13-38(14-12-21)31(41)25-9-10-28(40)37-25/h2-8,15-16,18-19,21,25,33H,9-14,17H2,1H3,(H,37,40)(H2,32,35,36). The molecule has 2 aliphatic heterocycles. The molecule has 0 spiro atoms. The van der Waals surface area contributed by atoms with Crippen LogP contribution < -0.4 is 16.4 Å². The van der Waals surface area contributed by atoms with Gasteiger partial charge in [0.2, 0.25) is 11.8 Å². The number of nitrogens with one attached hydrogen (secondary N) is 2. The fourth-order valence-corrected chi connectivity index (χ4v) is 5.90. The molecule has 6 rings (SSSR count).